The van der Waals surface area contributed by atoms with Gasteiger partial charge in [-0.2, -0.15) is 4.72 Å². The lowest BCUT2D eigenvalue weighted by Crippen LogP contribution is -2.34. The van der Waals surface area contributed by atoms with E-state index in [9.17, 15) is 17.7 Å². The number of ether oxygens (including phenoxy) is 1. The summed E-state index contributed by atoms with van der Waals surface area (Å²) in [6.45, 7) is 1.30. The first-order chi connectivity index (χ1) is 15.4. The van der Waals surface area contributed by atoms with Crippen LogP contribution >= 0.6 is 0 Å². The van der Waals surface area contributed by atoms with Crippen LogP contribution in [0.2, 0.25) is 0 Å². The molecule has 3 aromatic rings. The Bertz CT molecular complexity index is 948. The van der Waals surface area contributed by atoms with Crippen LogP contribution in [0.3, 0.4) is 0 Å². The molecule has 4 nitrogen and oxygen atoms in total. The molecule has 2 atom stereocenters. The van der Waals surface area contributed by atoms with Crippen molar-refractivity contribution in [1.29, 1.82) is 0 Å². The van der Waals surface area contributed by atoms with Gasteiger partial charge < -0.3 is 9.29 Å². The minimum atomic E-state index is -4.74. The quantitative estimate of drug-likeness (QED) is 0.458. The van der Waals surface area contributed by atoms with Crippen LogP contribution in [0.15, 0.2) is 84.9 Å². The van der Waals surface area contributed by atoms with Crippen molar-refractivity contribution in [2.45, 2.75) is 18.7 Å². The predicted octanol–water partition coefficient (Wildman–Crippen LogP) is 5.73. The highest BCUT2D eigenvalue weighted by Gasteiger charge is 2.37. The summed E-state index contributed by atoms with van der Waals surface area (Å²) >= 11 is -1.50. The fourth-order valence-corrected chi connectivity index (χ4v) is 5.19. The molecule has 2 unspecified atom stereocenters. The van der Waals surface area contributed by atoms with Gasteiger partial charge in [0, 0.05) is 12.5 Å². The minimum absolute atomic E-state index is 0.193. The molecule has 3 aromatic carbocycles. The van der Waals surface area contributed by atoms with Gasteiger partial charge in [-0.15, -0.1) is 17.5 Å². The van der Waals surface area contributed by atoms with Crippen LogP contribution in [0, 0.1) is 5.92 Å². The molecule has 0 aliphatic carbocycles. The van der Waals surface area contributed by atoms with Crippen molar-refractivity contribution in [2.24, 2.45) is 5.92 Å². The van der Waals surface area contributed by atoms with Gasteiger partial charge in [0.15, 0.2) is 11.5 Å². The van der Waals surface area contributed by atoms with Gasteiger partial charge >= 0.3 is 6.36 Å². The smallest absolute Gasteiger partial charge is 0.573 e. The van der Waals surface area contributed by atoms with Gasteiger partial charge in [-0.25, -0.2) is 0 Å². The Kier molecular flexibility index (Phi) is 6.93. The summed E-state index contributed by atoms with van der Waals surface area (Å²) < 4.78 is 58.4. The first kappa shape index (κ1) is 22.5. The van der Waals surface area contributed by atoms with E-state index in [4.69, 9.17) is 0 Å². The van der Waals surface area contributed by atoms with Crippen LogP contribution in [-0.4, -0.2) is 28.3 Å². The molecule has 1 saturated heterocycles. The van der Waals surface area contributed by atoms with Crippen LogP contribution in [0.25, 0.3) is 0 Å². The summed E-state index contributed by atoms with van der Waals surface area (Å²) in [4.78, 5) is 0. The Morgan fingerprint density at radius 1 is 0.906 bits per heavy atom. The summed E-state index contributed by atoms with van der Waals surface area (Å²) in [7, 11) is 0. The molecule has 1 aliphatic heterocycles. The Balaban J connectivity index is 1.42. The third-order valence-corrected chi connectivity index (χ3v) is 6.71. The van der Waals surface area contributed by atoms with Crippen LogP contribution in [0.1, 0.15) is 23.5 Å². The standard InChI is InChI=1S/C24H23F3N2O2S/c25-24(26,27)31-22-13-11-21(12-14-22)28-32(30)29-16-15-20(17-29)23(18-7-3-1-4-8-18)19-9-5-2-6-10-19/h1-14,20,23,28H,15-17H2. The van der Waals surface area contributed by atoms with Crippen molar-refractivity contribution in [3.05, 3.63) is 96.1 Å². The van der Waals surface area contributed by atoms with Crippen LogP contribution < -0.4 is 9.46 Å². The molecule has 0 radical (unpaired) electrons. The maximum Gasteiger partial charge on any atom is 0.573 e. The van der Waals surface area contributed by atoms with Crippen LogP contribution in [-0.2, 0) is 11.5 Å². The summed E-state index contributed by atoms with van der Waals surface area (Å²) in [6.07, 6.45) is -3.85. The Labute approximate surface area is 188 Å². The van der Waals surface area contributed by atoms with E-state index < -0.39 is 17.9 Å². The zero-order chi connectivity index (χ0) is 22.6. The van der Waals surface area contributed by atoms with Gasteiger partial charge in [-0.05, 0) is 47.7 Å². The highest BCUT2D eigenvalue weighted by molar-refractivity contribution is 7.90. The van der Waals surface area contributed by atoms with Gasteiger partial charge in [0.25, 0.3) is 0 Å². The van der Waals surface area contributed by atoms with Gasteiger partial charge in [0.05, 0.1) is 12.2 Å². The van der Waals surface area contributed by atoms with Gasteiger partial charge in [-0.1, -0.05) is 60.7 Å². The van der Waals surface area contributed by atoms with E-state index in [0.717, 1.165) is 6.42 Å². The molecular formula is C24H23F3N2O2S. The first-order valence-corrected chi connectivity index (χ1v) is 11.4. The number of rotatable bonds is 7. The highest BCUT2D eigenvalue weighted by atomic mass is 32.2. The predicted molar refractivity (Wildman–Crippen MR) is 119 cm³/mol. The summed E-state index contributed by atoms with van der Waals surface area (Å²) in [5.74, 6) is 0.162. The second kappa shape index (κ2) is 9.85. The zero-order valence-electron chi connectivity index (χ0n) is 17.2. The van der Waals surface area contributed by atoms with E-state index in [0.29, 0.717) is 18.8 Å². The third-order valence-electron chi connectivity index (χ3n) is 5.50. The van der Waals surface area contributed by atoms with Crippen LogP contribution in [0.4, 0.5) is 18.9 Å². The molecule has 0 aromatic heterocycles. The van der Waals surface area contributed by atoms with Crippen molar-refractivity contribution in [2.75, 3.05) is 17.8 Å². The van der Waals surface area contributed by atoms with E-state index >= 15 is 0 Å². The highest BCUT2D eigenvalue weighted by Crippen LogP contribution is 2.38. The van der Waals surface area contributed by atoms with Crippen molar-refractivity contribution < 1.29 is 22.5 Å². The molecule has 168 valence electrons. The normalized spacial score (nSPS) is 18.0. The number of nitrogens with one attached hydrogen (secondary N) is 1. The van der Waals surface area contributed by atoms with Gasteiger partial charge in [-0.3, -0.25) is 0 Å². The summed E-state index contributed by atoms with van der Waals surface area (Å²) in [5.41, 5.74) is 2.91. The summed E-state index contributed by atoms with van der Waals surface area (Å²) in [5, 5.41) is 0. The molecule has 0 amide bonds. The Morgan fingerprint density at radius 3 is 2.00 bits per heavy atom. The molecule has 0 spiro atoms. The number of halogens is 3. The lowest BCUT2D eigenvalue weighted by molar-refractivity contribution is -0.274. The number of benzene rings is 3. The minimum Gasteiger partial charge on any atom is -0.573 e. The topological polar surface area (TPSA) is 47.6 Å². The molecule has 8 heteroatoms. The van der Waals surface area contributed by atoms with E-state index in [-0.39, 0.29) is 17.6 Å². The third kappa shape index (κ3) is 5.76. The van der Waals surface area contributed by atoms with Gasteiger partial charge in [0.1, 0.15) is 5.75 Å². The van der Waals surface area contributed by atoms with Crippen molar-refractivity contribution in [3.63, 3.8) is 0 Å². The molecule has 1 heterocycles. The number of hydrogen-bond donors (Lipinski definition) is 1. The largest absolute Gasteiger partial charge is 0.573 e. The second-order valence-electron chi connectivity index (χ2n) is 7.66. The lowest BCUT2D eigenvalue weighted by Gasteiger charge is -2.25. The number of nitrogens with zero attached hydrogens (tertiary/aromatic N) is 1. The number of anilines is 1. The number of hydrogen-bond acceptors (Lipinski definition) is 4. The molecule has 1 aliphatic rings. The fourth-order valence-electron chi connectivity index (χ4n) is 4.12. The van der Waals surface area contributed by atoms with Crippen molar-refractivity contribution >= 4 is 17.2 Å². The van der Waals surface area contributed by atoms with E-state index in [1.807, 2.05) is 40.7 Å². The molecule has 32 heavy (non-hydrogen) atoms. The van der Waals surface area contributed by atoms with Crippen LogP contribution in [0.5, 0.6) is 5.75 Å². The average molecular weight is 461 g/mol. The van der Waals surface area contributed by atoms with Gasteiger partial charge in [0.2, 0.25) is 0 Å². The van der Waals surface area contributed by atoms with E-state index in [1.54, 1.807) is 0 Å². The summed E-state index contributed by atoms with van der Waals surface area (Å²) in [6, 6.07) is 25.8. The first-order valence-electron chi connectivity index (χ1n) is 10.3. The molecule has 1 fully saturated rings. The monoisotopic (exact) mass is 460 g/mol. The molecule has 0 bridgehead atoms. The lowest BCUT2D eigenvalue weighted by atomic mass is 9.80. The van der Waals surface area contributed by atoms with E-state index in [1.165, 1.54) is 35.4 Å². The number of alkyl halides is 3. The maximum atomic E-state index is 12.9. The van der Waals surface area contributed by atoms with Crippen molar-refractivity contribution in [3.8, 4) is 5.75 Å². The Hall–Kier alpha value is -2.68. The van der Waals surface area contributed by atoms with Crippen molar-refractivity contribution in [1.82, 2.24) is 4.31 Å². The zero-order valence-corrected chi connectivity index (χ0v) is 18.0. The Morgan fingerprint density at radius 2 is 1.47 bits per heavy atom. The molecular weight excluding hydrogens is 437 g/mol. The molecule has 4 rings (SSSR count). The molecule has 0 saturated carbocycles. The second-order valence-corrected chi connectivity index (χ2v) is 8.88. The average Bonchev–Trinajstić information content (AvgIpc) is 3.26. The fraction of sp³-hybridized carbons (Fsp3) is 0.250. The SMILES string of the molecule is [O-][S+](Nc1ccc(OC(F)(F)F)cc1)N1CCC(C(c2ccccc2)c2ccccc2)C1. The maximum absolute atomic E-state index is 12.9. The molecule has 1 N–H and O–H groups in total. The van der Waals surface area contributed by atoms with E-state index in [2.05, 4.69) is 33.7 Å².